The molecule has 0 amide bonds. The van der Waals surface area contributed by atoms with Gasteiger partial charge in [-0.2, -0.15) is 4.39 Å². The number of nitrogens with one attached hydrogen (secondary N) is 1. The lowest BCUT2D eigenvalue weighted by Gasteiger charge is -2.27. The van der Waals surface area contributed by atoms with Crippen molar-refractivity contribution in [2.24, 2.45) is 11.8 Å². The first-order valence-corrected chi connectivity index (χ1v) is 6.47. The Kier molecular flexibility index (Phi) is 5.42. The van der Waals surface area contributed by atoms with Crippen LogP contribution in [0, 0.1) is 27.8 Å². The maximum atomic E-state index is 14.1. The minimum atomic E-state index is -0.707. The van der Waals surface area contributed by atoms with Gasteiger partial charge in [0.05, 0.1) is 4.92 Å². The highest BCUT2D eigenvalue weighted by Gasteiger charge is 2.24. The van der Waals surface area contributed by atoms with Gasteiger partial charge in [0.2, 0.25) is 5.82 Å². The van der Waals surface area contributed by atoms with Crippen molar-refractivity contribution in [1.29, 1.82) is 0 Å². The van der Waals surface area contributed by atoms with Crippen LogP contribution in [0.3, 0.4) is 0 Å². The molecular weight excluding hydrogens is 247 g/mol. The second kappa shape index (κ2) is 6.61. The highest BCUT2D eigenvalue weighted by Crippen LogP contribution is 2.26. The van der Waals surface area contributed by atoms with Crippen molar-refractivity contribution in [3.63, 3.8) is 0 Å². The molecule has 1 N–H and O–H groups in total. The molecule has 2 atom stereocenters. The number of nitro benzene ring substituents is 1. The molecule has 4 nitrogen and oxygen atoms in total. The lowest BCUT2D eigenvalue weighted by Crippen LogP contribution is -2.35. The normalized spacial score (nSPS) is 14.4. The van der Waals surface area contributed by atoms with E-state index in [1.54, 1.807) is 6.07 Å². The minimum Gasteiger partial charge on any atom is -0.317 e. The predicted molar refractivity (Wildman–Crippen MR) is 73.6 cm³/mol. The molecule has 0 heterocycles. The summed E-state index contributed by atoms with van der Waals surface area (Å²) in [6.07, 6.45) is 0.493. The van der Waals surface area contributed by atoms with Gasteiger partial charge in [0.15, 0.2) is 0 Å². The number of nitrogens with zero attached hydrogens (tertiary/aromatic N) is 1. The van der Waals surface area contributed by atoms with Crippen molar-refractivity contribution in [2.45, 2.75) is 33.2 Å². The van der Waals surface area contributed by atoms with Gasteiger partial charge in [-0.1, -0.05) is 26.0 Å². The monoisotopic (exact) mass is 268 g/mol. The quantitative estimate of drug-likeness (QED) is 0.637. The summed E-state index contributed by atoms with van der Waals surface area (Å²) in [5, 5.41) is 13.9. The van der Waals surface area contributed by atoms with E-state index in [1.165, 1.54) is 12.1 Å². The molecule has 0 aliphatic carbocycles. The maximum absolute atomic E-state index is 14.1. The molecule has 1 aromatic rings. The van der Waals surface area contributed by atoms with Gasteiger partial charge < -0.3 is 5.32 Å². The fourth-order valence-electron chi connectivity index (χ4n) is 2.32. The summed E-state index contributed by atoms with van der Waals surface area (Å²) < 4.78 is 14.1. The summed E-state index contributed by atoms with van der Waals surface area (Å²) in [6.45, 7) is 6.20. The van der Waals surface area contributed by atoms with Crippen molar-refractivity contribution >= 4 is 5.69 Å². The molecule has 0 aliphatic rings. The second-order valence-corrected chi connectivity index (χ2v) is 5.20. The summed E-state index contributed by atoms with van der Waals surface area (Å²) in [5.41, 5.74) is -0.0351. The number of benzene rings is 1. The van der Waals surface area contributed by atoms with Gasteiger partial charge in [-0.3, -0.25) is 10.1 Å². The first-order chi connectivity index (χ1) is 8.88. The third-order valence-corrected chi connectivity index (χ3v) is 3.66. The van der Waals surface area contributed by atoms with Gasteiger partial charge in [0, 0.05) is 12.1 Å². The Morgan fingerprint density at radius 1 is 1.37 bits per heavy atom. The van der Waals surface area contributed by atoms with E-state index in [4.69, 9.17) is 0 Å². The van der Waals surface area contributed by atoms with Crippen LogP contribution in [0.1, 0.15) is 26.3 Å². The summed E-state index contributed by atoms with van der Waals surface area (Å²) in [4.78, 5) is 10.1. The first kappa shape index (κ1) is 15.6. The van der Waals surface area contributed by atoms with Crippen LogP contribution >= 0.6 is 0 Å². The second-order valence-electron chi connectivity index (χ2n) is 5.20. The van der Waals surface area contributed by atoms with Crippen LogP contribution in [0.4, 0.5) is 10.1 Å². The van der Waals surface area contributed by atoms with Gasteiger partial charge >= 0.3 is 5.69 Å². The van der Waals surface area contributed by atoms with Crippen LogP contribution in [0.5, 0.6) is 0 Å². The molecule has 1 rings (SSSR count). The molecule has 5 heteroatoms. The topological polar surface area (TPSA) is 55.2 Å². The zero-order chi connectivity index (χ0) is 14.6. The average molecular weight is 268 g/mol. The lowest BCUT2D eigenvalue weighted by molar-refractivity contribution is -0.387. The summed E-state index contributed by atoms with van der Waals surface area (Å²) in [7, 11) is 1.86. The van der Waals surface area contributed by atoms with Crippen LogP contribution in [0.15, 0.2) is 18.2 Å². The smallest absolute Gasteiger partial charge is 0.305 e. The van der Waals surface area contributed by atoms with E-state index >= 15 is 0 Å². The lowest BCUT2D eigenvalue weighted by atomic mass is 9.84. The molecule has 0 radical (unpaired) electrons. The van der Waals surface area contributed by atoms with Crippen LogP contribution in [0.2, 0.25) is 0 Å². The van der Waals surface area contributed by atoms with Crippen molar-refractivity contribution in [1.82, 2.24) is 5.32 Å². The van der Waals surface area contributed by atoms with E-state index in [9.17, 15) is 14.5 Å². The van der Waals surface area contributed by atoms with Crippen molar-refractivity contribution in [3.8, 4) is 0 Å². The zero-order valence-corrected chi connectivity index (χ0v) is 11.8. The Bertz CT molecular complexity index is 449. The molecule has 106 valence electrons. The van der Waals surface area contributed by atoms with Gasteiger partial charge in [-0.25, -0.2) is 0 Å². The Hall–Kier alpha value is -1.49. The van der Waals surface area contributed by atoms with Gasteiger partial charge in [0.25, 0.3) is 0 Å². The van der Waals surface area contributed by atoms with Crippen LogP contribution in [-0.4, -0.2) is 18.0 Å². The molecule has 19 heavy (non-hydrogen) atoms. The molecule has 0 bridgehead atoms. The van der Waals surface area contributed by atoms with Crippen molar-refractivity contribution < 1.29 is 9.31 Å². The van der Waals surface area contributed by atoms with E-state index in [2.05, 4.69) is 19.2 Å². The standard InChI is InChI=1S/C14H21FN2O2/c1-9(2)12(10(3)16-4)8-11-6-5-7-13(14(11)15)17(18)19/h5-7,9-10,12,16H,8H2,1-4H3. The average Bonchev–Trinajstić information content (AvgIpc) is 2.35. The highest BCUT2D eigenvalue weighted by molar-refractivity contribution is 5.37. The predicted octanol–water partition coefficient (Wildman–Crippen LogP) is 3.16. The highest BCUT2D eigenvalue weighted by atomic mass is 19.1. The summed E-state index contributed by atoms with van der Waals surface area (Å²) in [6, 6.07) is 4.58. The zero-order valence-electron chi connectivity index (χ0n) is 11.8. The van der Waals surface area contributed by atoms with E-state index in [-0.39, 0.29) is 12.0 Å². The SMILES string of the molecule is CNC(C)C(Cc1cccc([N+](=O)[O-])c1F)C(C)C. The third-order valence-electron chi connectivity index (χ3n) is 3.66. The molecule has 2 unspecified atom stereocenters. The van der Waals surface area contributed by atoms with Crippen LogP contribution in [0.25, 0.3) is 0 Å². The van der Waals surface area contributed by atoms with E-state index in [0.717, 1.165) is 0 Å². The van der Waals surface area contributed by atoms with E-state index in [0.29, 0.717) is 17.9 Å². The fraction of sp³-hybridized carbons (Fsp3) is 0.571. The number of hydrogen-bond donors (Lipinski definition) is 1. The Morgan fingerprint density at radius 3 is 2.47 bits per heavy atom. The molecule has 0 aromatic heterocycles. The maximum Gasteiger partial charge on any atom is 0.305 e. The van der Waals surface area contributed by atoms with E-state index < -0.39 is 16.4 Å². The molecule has 0 spiro atoms. The fourth-order valence-corrected chi connectivity index (χ4v) is 2.32. The molecule has 0 fully saturated rings. The Morgan fingerprint density at radius 2 is 2.00 bits per heavy atom. The van der Waals surface area contributed by atoms with Gasteiger partial charge in [-0.05, 0) is 37.8 Å². The summed E-state index contributed by atoms with van der Waals surface area (Å²) in [5.74, 6) is -0.121. The number of rotatable bonds is 6. The Balaban J connectivity index is 3.03. The molecule has 1 aromatic carbocycles. The third kappa shape index (κ3) is 3.73. The first-order valence-electron chi connectivity index (χ1n) is 6.47. The van der Waals surface area contributed by atoms with E-state index in [1.807, 2.05) is 14.0 Å². The van der Waals surface area contributed by atoms with Crippen LogP contribution in [-0.2, 0) is 6.42 Å². The van der Waals surface area contributed by atoms with Gasteiger partial charge in [0.1, 0.15) is 0 Å². The van der Waals surface area contributed by atoms with Crippen molar-refractivity contribution in [3.05, 3.63) is 39.7 Å². The molecule has 0 saturated heterocycles. The van der Waals surface area contributed by atoms with Gasteiger partial charge in [-0.15, -0.1) is 0 Å². The number of halogens is 1. The van der Waals surface area contributed by atoms with Crippen molar-refractivity contribution in [2.75, 3.05) is 7.05 Å². The summed E-state index contributed by atoms with van der Waals surface area (Å²) >= 11 is 0. The molecule has 0 saturated carbocycles. The largest absolute Gasteiger partial charge is 0.317 e. The van der Waals surface area contributed by atoms with Crippen LogP contribution < -0.4 is 5.32 Å². The molecule has 0 aliphatic heterocycles. The number of nitro groups is 1. The Labute approximate surface area is 113 Å². The number of hydrogen-bond acceptors (Lipinski definition) is 3. The minimum absolute atomic E-state index is 0.221. The molecular formula is C14H21FN2O2.